The molecule has 22 heavy (non-hydrogen) atoms. The molecule has 122 valence electrons. The van der Waals surface area contributed by atoms with E-state index in [9.17, 15) is 13.2 Å². The van der Waals surface area contributed by atoms with Gasteiger partial charge in [0.2, 0.25) is 5.91 Å². The number of benzene rings is 1. The summed E-state index contributed by atoms with van der Waals surface area (Å²) in [6, 6.07) is 6.53. The van der Waals surface area contributed by atoms with Crippen LogP contribution in [0.15, 0.2) is 29.2 Å². The summed E-state index contributed by atoms with van der Waals surface area (Å²) in [5.41, 5.74) is 0.565. The fourth-order valence-corrected chi connectivity index (χ4v) is 4.66. The van der Waals surface area contributed by atoms with Crippen LogP contribution < -0.4 is 5.32 Å². The van der Waals surface area contributed by atoms with Gasteiger partial charge in [-0.3, -0.25) is 4.79 Å². The summed E-state index contributed by atoms with van der Waals surface area (Å²) in [6.45, 7) is 6.01. The second-order valence-electron chi connectivity index (χ2n) is 7.26. The molecule has 1 aliphatic carbocycles. The van der Waals surface area contributed by atoms with Gasteiger partial charge in [0.05, 0.1) is 10.1 Å². The predicted molar refractivity (Wildman–Crippen MR) is 88.6 cm³/mol. The van der Waals surface area contributed by atoms with Crippen LogP contribution in [0.3, 0.4) is 0 Å². The van der Waals surface area contributed by atoms with Crippen molar-refractivity contribution in [1.82, 2.24) is 0 Å². The van der Waals surface area contributed by atoms with E-state index in [1.54, 1.807) is 24.3 Å². The molecule has 0 aliphatic heterocycles. The lowest BCUT2D eigenvalue weighted by Gasteiger charge is -2.17. The van der Waals surface area contributed by atoms with Crippen LogP contribution in [0.1, 0.15) is 52.9 Å². The van der Waals surface area contributed by atoms with E-state index in [0.717, 1.165) is 25.7 Å². The van der Waals surface area contributed by atoms with Crippen molar-refractivity contribution in [2.24, 2.45) is 5.41 Å². The molecule has 0 heterocycles. The van der Waals surface area contributed by atoms with E-state index in [1.165, 1.54) is 0 Å². The number of anilines is 1. The third kappa shape index (κ3) is 4.32. The van der Waals surface area contributed by atoms with Gasteiger partial charge in [-0.25, -0.2) is 8.42 Å². The molecule has 1 aromatic rings. The summed E-state index contributed by atoms with van der Waals surface area (Å²) < 4.78 is 24.9. The number of sulfone groups is 1. The van der Waals surface area contributed by atoms with Gasteiger partial charge >= 0.3 is 0 Å². The van der Waals surface area contributed by atoms with Gasteiger partial charge < -0.3 is 5.32 Å². The van der Waals surface area contributed by atoms with Crippen LogP contribution in [0.2, 0.25) is 0 Å². The zero-order valence-corrected chi connectivity index (χ0v) is 14.4. The van der Waals surface area contributed by atoms with Gasteiger partial charge in [0.25, 0.3) is 0 Å². The number of carbonyl (C=O) groups is 1. The Balaban J connectivity index is 2.06. The normalized spacial score (nSPS) is 16.7. The molecule has 1 N–H and O–H groups in total. The molecule has 0 bridgehead atoms. The molecule has 0 radical (unpaired) electrons. The highest BCUT2D eigenvalue weighted by Crippen LogP contribution is 2.30. The fourth-order valence-electron chi connectivity index (χ4n) is 2.81. The van der Waals surface area contributed by atoms with E-state index >= 15 is 0 Å². The molecule has 4 nitrogen and oxygen atoms in total. The van der Waals surface area contributed by atoms with Crippen molar-refractivity contribution < 1.29 is 13.2 Å². The molecular formula is C17H25NO3S. The zero-order chi connectivity index (χ0) is 16.4. The average molecular weight is 323 g/mol. The first-order valence-corrected chi connectivity index (χ1v) is 9.37. The van der Waals surface area contributed by atoms with Crippen molar-refractivity contribution in [2.45, 2.75) is 63.0 Å². The Morgan fingerprint density at radius 2 is 1.68 bits per heavy atom. The quantitative estimate of drug-likeness (QED) is 0.917. The van der Waals surface area contributed by atoms with Crippen LogP contribution in [0.25, 0.3) is 0 Å². The van der Waals surface area contributed by atoms with E-state index in [2.05, 4.69) is 5.32 Å². The number of hydrogen-bond donors (Lipinski definition) is 1. The van der Waals surface area contributed by atoms with Crippen LogP contribution in [-0.2, 0) is 14.6 Å². The maximum atomic E-state index is 12.5. The van der Waals surface area contributed by atoms with Crippen LogP contribution in [-0.4, -0.2) is 19.6 Å². The van der Waals surface area contributed by atoms with Gasteiger partial charge in [-0.2, -0.15) is 0 Å². The minimum Gasteiger partial charge on any atom is -0.326 e. The van der Waals surface area contributed by atoms with Gasteiger partial charge in [0, 0.05) is 12.1 Å². The maximum absolute atomic E-state index is 12.5. The summed E-state index contributed by atoms with van der Waals surface area (Å²) in [4.78, 5) is 12.2. The van der Waals surface area contributed by atoms with E-state index in [0.29, 0.717) is 17.0 Å². The highest BCUT2D eigenvalue weighted by atomic mass is 32.2. The van der Waals surface area contributed by atoms with Gasteiger partial charge in [0.15, 0.2) is 9.84 Å². The Labute approximate surface area is 133 Å². The lowest BCUT2D eigenvalue weighted by molar-refractivity contribution is -0.117. The predicted octanol–water partition coefficient (Wildman–Crippen LogP) is 3.78. The summed E-state index contributed by atoms with van der Waals surface area (Å²) in [5, 5.41) is 2.57. The topological polar surface area (TPSA) is 63.2 Å². The van der Waals surface area contributed by atoms with Gasteiger partial charge in [-0.15, -0.1) is 0 Å². The molecule has 2 rings (SSSR count). The Hall–Kier alpha value is -1.36. The molecule has 1 aliphatic rings. The van der Waals surface area contributed by atoms with Crippen LogP contribution in [0, 0.1) is 5.41 Å². The second kappa shape index (κ2) is 6.41. The summed E-state index contributed by atoms with van der Waals surface area (Å²) in [6.07, 6.45) is 3.92. The highest BCUT2D eigenvalue weighted by molar-refractivity contribution is 7.92. The molecule has 0 unspecified atom stereocenters. The zero-order valence-electron chi connectivity index (χ0n) is 13.6. The molecule has 1 fully saturated rings. The largest absolute Gasteiger partial charge is 0.326 e. The summed E-state index contributed by atoms with van der Waals surface area (Å²) in [7, 11) is -3.23. The molecule has 0 spiro atoms. The van der Waals surface area contributed by atoms with Crippen molar-refractivity contribution in [2.75, 3.05) is 5.32 Å². The number of hydrogen-bond acceptors (Lipinski definition) is 3. The lowest BCUT2D eigenvalue weighted by atomic mass is 9.92. The number of amides is 1. The fraction of sp³-hybridized carbons (Fsp3) is 0.588. The molecule has 1 saturated carbocycles. The van der Waals surface area contributed by atoms with Gasteiger partial charge in [0.1, 0.15) is 0 Å². The number of carbonyl (C=O) groups excluding carboxylic acids is 1. The average Bonchev–Trinajstić information content (AvgIpc) is 2.91. The van der Waals surface area contributed by atoms with E-state index in [-0.39, 0.29) is 16.6 Å². The van der Waals surface area contributed by atoms with Crippen LogP contribution >= 0.6 is 0 Å². The first kappa shape index (κ1) is 17.0. The smallest absolute Gasteiger partial charge is 0.224 e. The molecule has 0 saturated heterocycles. The molecular weight excluding hydrogens is 298 g/mol. The SMILES string of the molecule is CC(C)(C)CC(=O)Nc1ccc(S(=O)(=O)C2CCCC2)cc1. The van der Waals surface area contributed by atoms with Crippen molar-refractivity contribution in [1.29, 1.82) is 0 Å². The monoisotopic (exact) mass is 323 g/mol. The molecule has 1 aromatic carbocycles. The first-order valence-electron chi connectivity index (χ1n) is 7.82. The lowest BCUT2D eigenvalue weighted by Crippen LogP contribution is -2.20. The molecule has 0 aromatic heterocycles. The first-order chi connectivity index (χ1) is 10.2. The third-order valence-corrected chi connectivity index (χ3v) is 6.18. The Morgan fingerprint density at radius 3 is 2.18 bits per heavy atom. The van der Waals surface area contributed by atoms with Crippen molar-refractivity contribution in [3.63, 3.8) is 0 Å². The second-order valence-corrected chi connectivity index (χ2v) is 9.49. The van der Waals surface area contributed by atoms with E-state index in [1.807, 2.05) is 20.8 Å². The van der Waals surface area contributed by atoms with Crippen LogP contribution in [0.4, 0.5) is 5.69 Å². The third-order valence-electron chi connectivity index (χ3n) is 3.90. The Morgan fingerprint density at radius 1 is 1.14 bits per heavy atom. The van der Waals surface area contributed by atoms with Gasteiger partial charge in [-0.1, -0.05) is 33.6 Å². The number of rotatable bonds is 4. The Kier molecular flexibility index (Phi) is 4.95. The maximum Gasteiger partial charge on any atom is 0.224 e. The van der Waals surface area contributed by atoms with Crippen molar-refractivity contribution in [3.05, 3.63) is 24.3 Å². The molecule has 0 atom stereocenters. The van der Waals surface area contributed by atoms with Gasteiger partial charge in [-0.05, 0) is 42.5 Å². The highest BCUT2D eigenvalue weighted by Gasteiger charge is 2.30. The van der Waals surface area contributed by atoms with E-state index in [4.69, 9.17) is 0 Å². The van der Waals surface area contributed by atoms with Crippen molar-refractivity contribution in [3.8, 4) is 0 Å². The van der Waals surface area contributed by atoms with E-state index < -0.39 is 9.84 Å². The summed E-state index contributed by atoms with van der Waals surface area (Å²) in [5.74, 6) is -0.0566. The van der Waals surface area contributed by atoms with Crippen LogP contribution in [0.5, 0.6) is 0 Å². The summed E-state index contributed by atoms with van der Waals surface area (Å²) >= 11 is 0. The minimum atomic E-state index is -3.23. The standard InChI is InChI=1S/C17H25NO3S/c1-17(2,3)12-16(19)18-13-8-10-15(11-9-13)22(20,21)14-6-4-5-7-14/h8-11,14H,4-7,12H2,1-3H3,(H,18,19). The van der Waals surface area contributed by atoms with Crippen molar-refractivity contribution >= 4 is 21.4 Å². The Bertz CT molecular complexity index is 621. The number of nitrogens with one attached hydrogen (secondary N) is 1. The molecule has 1 amide bonds. The molecule has 5 heteroatoms. The minimum absolute atomic E-state index is 0.0566.